The molecule has 2 heterocycles. The van der Waals surface area contributed by atoms with Crippen molar-refractivity contribution in [3.63, 3.8) is 0 Å². The normalized spacial score (nSPS) is 15.2. The van der Waals surface area contributed by atoms with E-state index in [1.165, 1.54) is 12.8 Å². The lowest BCUT2D eigenvalue weighted by Gasteiger charge is -2.04. The molecule has 96 valence electrons. The quantitative estimate of drug-likeness (QED) is 0.727. The Morgan fingerprint density at radius 3 is 2.95 bits per heavy atom. The van der Waals surface area contributed by atoms with E-state index in [9.17, 15) is 0 Å². The van der Waals surface area contributed by atoms with E-state index in [1.54, 1.807) is 11.3 Å². The van der Waals surface area contributed by atoms with Crippen LogP contribution in [0.4, 0.5) is 5.69 Å². The molecule has 1 aromatic carbocycles. The zero-order valence-corrected chi connectivity index (χ0v) is 11.3. The summed E-state index contributed by atoms with van der Waals surface area (Å²) in [5, 5.41) is 14.1. The van der Waals surface area contributed by atoms with Crippen molar-refractivity contribution < 1.29 is 0 Å². The fraction of sp³-hybridized carbons (Fsp3) is 0.308. The Bertz CT molecular complexity index is 769. The van der Waals surface area contributed by atoms with E-state index in [0.717, 1.165) is 32.6 Å². The number of hydrogen-bond donors (Lipinski definition) is 1. The Kier molecular flexibility index (Phi) is 2.17. The molecule has 2 aromatic heterocycles. The molecule has 0 unspecified atom stereocenters. The molecular weight excluding hydrogens is 258 g/mol. The Hall–Kier alpha value is -1.95. The fourth-order valence-electron chi connectivity index (χ4n) is 2.22. The summed E-state index contributed by atoms with van der Waals surface area (Å²) in [7, 11) is 0. The van der Waals surface area contributed by atoms with Crippen LogP contribution >= 0.6 is 11.3 Å². The molecule has 0 aliphatic heterocycles. The van der Waals surface area contributed by atoms with Crippen LogP contribution < -0.4 is 5.73 Å². The molecule has 1 aliphatic carbocycles. The molecule has 0 spiro atoms. The van der Waals surface area contributed by atoms with Crippen molar-refractivity contribution >= 4 is 22.0 Å². The van der Waals surface area contributed by atoms with Crippen LogP contribution in [-0.2, 0) is 0 Å². The molecule has 19 heavy (non-hydrogen) atoms. The van der Waals surface area contributed by atoms with E-state index in [0.29, 0.717) is 5.92 Å². The number of aromatic nitrogens is 4. The van der Waals surface area contributed by atoms with Gasteiger partial charge in [0, 0.05) is 17.2 Å². The van der Waals surface area contributed by atoms with Crippen molar-refractivity contribution in [3.05, 3.63) is 29.6 Å². The Morgan fingerprint density at radius 2 is 2.16 bits per heavy atom. The first kappa shape index (κ1) is 10.9. The monoisotopic (exact) mass is 271 g/mol. The van der Waals surface area contributed by atoms with Gasteiger partial charge in [-0.3, -0.25) is 0 Å². The standard InChI is InChI=1S/C13H13N5S/c1-7-9(3-2-4-10(7)14)12-17-18-11(8-5-6-8)15-16-13(18)19-12/h2-4,8H,5-6,14H2,1H3. The van der Waals surface area contributed by atoms with Crippen molar-refractivity contribution in [2.45, 2.75) is 25.7 Å². The smallest absolute Gasteiger partial charge is 0.234 e. The van der Waals surface area contributed by atoms with Crippen molar-refractivity contribution in [1.29, 1.82) is 0 Å². The van der Waals surface area contributed by atoms with Crippen LogP contribution in [0.25, 0.3) is 15.5 Å². The van der Waals surface area contributed by atoms with Gasteiger partial charge < -0.3 is 5.73 Å². The maximum Gasteiger partial charge on any atom is 0.234 e. The highest BCUT2D eigenvalue weighted by Gasteiger charge is 2.30. The molecule has 1 saturated carbocycles. The summed E-state index contributed by atoms with van der Waals surface area (Å²) in [6, 6.07) is 5.92. The van der Waals surface area contributed by atoms with E-state index >= 15 is 0 Å². The van der Waals surface area contributed by atoms with Gasteiger partial charge in [0.15, 0.2) is 5.82 Å². The lowest BCUT2D eigenvalue weighted by Crippen LogP contribution is -1.95. The predicted molar refractivity (Wildman–Crippen MR) is 75.2 cm³/mol. The minimum Gasteiger partial charge on any atom is -0.398 e. The number of rotatable bonds is 2. The predicted octanol–water partition coefficient (Wildman–Crippen LogP) is 2.62. The van der Waals surface area contributed by atoms with E-state index in [1.807, 2.05) is 29.6 Å². The van der Waals surface area contributed by atoms with Gasteiger partial charge in [-0.1, -0.05) is 23.5 Å². The Morgan fingerprint density at radius 1 is 1.32 bits per heavy atom. The second-order valence-electron chi connectivity index (χ2n) is 4.95. The van der Waals surface area contributed by atoms with Gasteiger partial charge in [-0.15, -0.1) is 10.2 Å². The summed E-state index contributed by atoms with van der Waals surface area (Å²) in [6.07, 6.45) is 2.40. The zero-order chi connectivity index (χ0) is 13.0. The molecule has 1 fully saturated rings. The molecule has 0 saturated heterocycles. The summed E-state index contributed by atoms with van der Waals surface area (Å²) in [4.78, 5) is 0.860. The SMILES string of the molecule is Cc1c(N)cccc1-c1nn2c(C3CC3)nnc2s1. The molecule has 4 rings (SSSR count). The Balaban J connectivity index is 1.89. The van der Waals surface area contributed by atoms with E-state index in [-0.39, 0.29) is 0 Å². The second kappa shape index (κ2) is 3.77. The molecule has 6 heteroatoms. The third kappa shape index (κ3) is 1.63. The topological polar surface area (TPSA) is 69.1 Å². The van der Waals surface area contributed by atoms with Crippen LogP contribution in [0.1, 0.15) is 30.1 Å². The molecule has 0 bridgehead atoms. The fourth-order valence-corrected chi connectivity index (χ4v) is 3.15. The molecule has 1 aliphatic rings. The molecule has 0 radical (unpaired) electrons. The van der Waals surface area contributed by atoms with E-state index < -0.39 is 0 Å². The number of anilines is 1. The summed E-state index contributed by atoms with van der Waals surface area (Å²) in [5.41, 5.74) is 8.91. The van der Waals surface area contributed by atoms with Gasteiger partial charge in [-0.25, -0.2) is 0 Å². The lowest BCUT2D eigenvalue weighted by molar-refractivity contribution is 0.828. The molecule has 0 amide bonds. The number of nitrogens with two attached hydrogens (primary N) is 1. The first-order chi connectivity index (χ1) is 9.24. The van der Waals surface area contributed by atoms with Crippen LogP contribution in [-0.4, -0.2) is 19.8 Å². The van der Waals surface area contributed by atoms with E-state index in [2.05, 4.69) is 15.3 Å². The number of benzene rings is 1. The van der Waals surface area contributed by atoms with Crippen LogP contribution in [0, 0.1) is 6.92 Å². The van der Waals surface area contributed by atoms with Gasteiger partial charge in [0.05, 0.1) is 0 Å². The first-order valence-corrected chi connectivity index (χ1v) is 7.13. The highest BCUT2D eigenvalue weighted by molar-refractivity contribution is 7.19. The highest BCUT2D eigenvalue weighted by atomic mass is 32.1. The number of hydrogen-bond acceptors (Lipinski definition) is 5. The van der Waals surface area contributed by atoms with Crippen LogP contribution in [0.3, 0.4) is 0 Å². The lowest BCUT2D eigenvalue weighted by atomic mass is 10.1. The average molecular weight is 271 g/mol. The summed E-state index contributed by atoms with van der Waals surface area (Å²) in [6.45, 7) is 2.02. The maximum absolute atomic E-state index is 5.96. The van der Waals surface area contributed by atoms with Crippen molar-refractivity contribution in [2.75, 3.05) is 5.73 Å². The van der Waals surface area contributed by atoms with Crippen molar-refractivity contribution in [1.82, 2.24) is 19.8 Å². The number of nitrogens with zero attached hydrogens (tertiary/aromatic N) is 4. The van der Waals surface area contributed by atoms with Crippen LogP contribution in [0.15, 0.2) is 18.2 Å². The number of nitrogen functional groups attached to an aromatic ring is 1. The van der Waals surface area contributed by atoms with Crippen molar-refractivity contribution in [2.24, 2.45) is 0 Å². The van der Waals surface area contributed by atoms with Gasteiger partial charge in [-0.05, 0) is 31.4 Å². The summed E-state index contributed by atoms with van der Waals surface area (Å²) >= 11 is 1.56. The molecule has 0 atom stereocenters. The molecular formula is C13H13N5S. The minimum atomic E-state index is 0.548. The van der Waals surface area contributed by atoms with Gasteiger partial charge >= 0.3 is 0 Å². The highest BCUT2D eigenvalue weighted by Crippen LogP contribution is 2.40. The third-order valence-corrected chi connectivity index (χ3v) is 4.50. The van der Waals surface area contributed by atoms with Gasteiger partial charge in [0.2, 0.25) is 4.96 Å². The zero-order valence-electron chi connectivity index (χ0n) is 10.5. The largest absolute Gasteiger partial charge is 0.398 e. The van der Waals surface area contributed by atoms with Gasteiger partial charge in [-0.2, -0.15) is 9.61 Å². The van der Waals surface area contributed by atoms with Gasteiger partial charge in [0.25, 0.3) is 0 Å². The molecule has 3 aromatic rings. The van der Waals surface area contributed by atoms with Gasteiger partial charge in [0.1, 0.15) is 5.01 Å². The average Bonchev–Trinajstić information content (AvgIpc) is 3.02. The van der Waals surface area contributed by atoms with Crippen molar-refractivity contribution in [3.8, 4) is 10.6 Å². The van der Waals surface area contributed by atoms with Crippen LogP contribution in [0.5, 0.6) is 0 Å². The molecule has 2 N–H and O–H groups in total. The second-order valence-corrected chi connectivity index (χ2v) is 5.91. The Labute approximate surface area is 114 Å². The van der Waals surface area contributed by atoms with E-state index in [4.69, 9.17) is 5.73 Å². The van der Waals surface area contributed by atoms with Crippen LogP contribution in [0.2, 0.25) is 0 Å². The summed E-state index contributed by atoms with van der Waals surface area (Å²) in [5.74, 6) is 1.55. The first-order valence-electron chi connectivity index (χ1n) is 6.31. The minimum absolute atomic E-state index is 0.548. The maximum atomic E-state index is 5.96. The third-order valence-electron chi connectivity index (χ3n) is 3.56. The molecule has 5 nitrogen and oxygen atoms in total. The summed E-state index contributed by atoms with van der Waals surface area (Å²) < 4.78 is 1.89. The number of fused-ring (bicyclic) bond motifs is 1.